The summed E-state index contributed by atoms with van der Waals surface area (Å²) in [6, 6.07) is 0. The highest BCUT2D eigenvalue weighted by Crippen LogP contribution is 2.33. The van der Waals surface area contributed by atoms with Gasteiger partial charge in [-0.05, 0) is 0 Å². The van der Waals surface area contributed by atoms with Gasteiger partial charge in [0, 0.05) is 0 Å². The van der Waals surface area contributed by atoms with Crippen molar-refractivity contribution in [1.82, 2.24) is 24.0 Å². The highest BCUT2D eigenvalue weighted by molar-refractivity contribution is 5.83. The number of nitrogens with two attached hydrogens (primary N) is 1. The summed E-state index contributed by atoms with van der Waals surface area (Å²) in [6.07, 6.45) is -2.74. The smallest absolute Gasteiger partial charge is 0.260 e. The number of aliphatic hydroxyl groups is 3. The number of rotatable bonds is 3. The van der Waals surface area contributed by atoms with Gasteiger partial charge in [-0.1, -0.05) is 0 Å². The van der Waals surface area contributed by atoms with Gasteiger partial charge in [-0.2, -0.15) is 9.97 Å². The van der Waals surface area contributed by atoms with Crippen LogP contribution in [-0.2, 0) is 4.74 Å². The van der Waals surface area contributed by atoms with Gasteiger partial charge in [0.1, 0.15) is 18.3 Å². The summed E-state index contributed by atoms with van der Waals surface area (Å²) in [7, 11) is 5.77. The summed E-state index contributed by atoms with van der Waals surface area (Å²) in [5.74, 6) is 0.701. The minimum Gasteiger partial charge on any atom is -0.394 e. The van der Waals surface area contributed by atoms with E-state index in [4.69, 9.17) is 10.5 Å². The number of anilines is 1. The predicted octanol–water partition coefficient (Wildman–Crippen LogP) is -1.78. The Labute approximate surface area is 132 Å². The molecule has 1 aliphatic rings. The molecule has 10 nitrogen and oxygen atoms in total. The second-order valence-corrected chi connectivity index (χ2v) is 6.47. The number of ether oxygens (including phenoxy) is 1. The molecule has 3 rings (SSSR count). The number of aliphatic hydroxyl groups excluding tert-OH is 3. The van der Waals surface area contributed by atoms with E-state index in [1.165, 1.54) is 10.9 Å². The first-order chi connectivity index (χ1) is 10.7. The Balaban J connectivity index is 2.12. The third kappa shape index (κ3) is 2.54. The second kappa shape index (κ2) is 5.35. The number of quaternary nitrogens is 1. The van der Waals surface area contributed by atoms with Gasteiger partial charge >= 0.3 is 0 Å². The summed E-state index contributed by atoms with van der Waals surface area (Å²) >= 11 is 0. The van der Waals surface area contributed by atoms with Crippen molar-refractivity contribution < 1.29 is 20.1 Å². The maximum Gasteiger partial charge on any atom is 0.260 e. The van der Waals surface area contributed by atoms with E-state index in [1.807, 2.05) is 21.1 Å². The Morgan fingerprint density at radius 3 is 2.52 bits per heavy atom. The Kier molecular flexibility index (Phi) is 3.73. The zero-order valence-electron chi connectivity index (χ0n) is 13.2. The first kappa shape index (κ1) is 16.0. The molecule has 126 valence electrons. The van der Waals surface area contributed by atoms with Crippen LogP contribution in [0.4, 0.5) is 11.8 Å². The molecular weight excluding hydrogens is 304 g/mol. The fraction of sp³-hybridized carbons (Fsp3) is 0.615. The van der Waals surface area contributed by atoms with Crippen LogP contribution in [0.2, 0.25) is 0 Å². The van der Waals surface area contributed by atoms with Crippen molar-refractivity contribution >= 4 is 22.9 Å². The van der Waals surface area contributed by atoms with E-state index in [1.54, 1.807) is 0 Å². The minimum atomic E-state index is -1.21. The molecule has 10 heteroatoms. The number of nitrogens with zero attached hydrogens (tertiary/aromatic N) is 5. The third-order valence-electron chi connectivity index (χ3n) is 3.85. The molecular formula is C13H21N6O4+. The molecule has 2 aromatic rings. The highest BCUT2D eigenvalue weighted by Gasteiger charge is 2.44. The second-order valence-electron chi connectivity index (χ2n) is 6.47. The molecule has 23 heavy (non-hydrogen) atoms. The van der Waals surface area contributed by atoms with E-state index in [0.717, 1.165) is 0 Å². The summed E-state index contributed by atoms with van der Waals surface area (Å²) in [5.41, 5.74) is 6.73. The SMILES string of the molecule is C[N+](C)(C)c1nc(N)nc2c1ncn2[C@H]1O[C@@H](CO)[C@H](O)[C@H]1O. The molecule has 0 aliphatic carbocycles. The normalized spacial score (nSPS) is 28.6. The Morgan fingerprint density at radius 1 is 1.26 bits per heavy atom. The maximum absolute atomic E-state index is 10.2. The molecule has 1 aliphatic heterocycles. The Bertz CT molecular complexity index is 727. The molecule has 0 radical (unpaired) electrons. The molecule has 0 saturated carbocycles. The van der Waals surface area contributed by atoms with Crippen molar-refractivity contribution in [1.29, 1.82) is 0 Å². The van der Waals surface area contributed by atoms with E-state index in [-0.39, 0.29) is 5.95 Å². The zero-order valence-corrected chi connectivity index (χ0v) is 13.2. The van der Waals surface area contributed by atoms with Crippen LogP contribution in [0.5, 0.6) is 0 Å². The maximum atomic E-state index is 10.2. The summed E-state index contributed by atoms with van der Waals surface area (Å²) in [4.78, 5) is 12.7. The van der Waals surface area contributed by atoms with Crippen LogP contribution in [-0.4, -0.2) is 80.9 Å². The van der Waals surface area contributed by atoms with Gasteiger partial charge < -0.3 is 25.8 Å². The van der Waals surface area contributed by atoms with Gasteiger partial charge in [-0.25, -0.2) is 4.98 Å². The summed E-state index contributed by atoms with van der Waals surface area (Å²) in [5, 5.41) is 29.3. The highest BCUT2D eigenvalue weighted by atomic mass is 16.6. The van der Waals surface area contributed by atoms with Crippen LogP contribution in [0.25, 0.3) is 11.2 Å². The molecule has 2 aromatic heterocycles. The largest absolute Gasteiger partial charge is 0.394 e. The van der Waals surface area contributed by atoms with Gasteiger partial charge in [0.2, 0.25) is 5.95 Å². The molecule has 5 N–H and O–H groups in total. The van der Waals surface area contributed by atoms with E-state index in [0.29, 0.717) is 21.5 Å². The lowest BCUT2D eigenvalue weighted by Gasteiger charge is -2.22. The first-order valence-electron chi connectivity index (χ1n) is 7.18. The summed E-state index contributed by atoms with van der Waals surface area (Å²) in [6.45, 7) is -0.400. The van der Waals surface area contributed by atoms with Crippen molar-refractivity contribution in [3.8, 4) is 0 Å². The zero-order chi connectivity index (χ0) is 16.9. The molecule has 0 unspecified atom stereocenters. The number of hydrogen-bond acceptors (Lipinski definition) is 8. The van der Waals surface area contributed by atoms with Crippen LogP contribution in [0, 0.1) is 0 Å². The van der Waals surface area contributed by atoms with Crippen LogP contribution >= 0.6 is 0 Å². The molecule has 0 aromatic carbocycles. The van der Waals surface area contributed by atoms with Crippen LogP contribution in [0.15, 0.2) is 6.33 Å². The van der Waals surface area contributed by atoms with Gasteiger partial charge in [0.25, 0.3) is 5.82 Å². The lowest BCUT2D eigenvalue weighted by Crippen LogP contribution is -2.36. The van der Waals surface area contributed by atoms with Gasteiger partial charge in [-0.15, -0.1) is 0 Å². The minimum absolute atomic E-state index is 0.0778. The quantitative estimate of drug-likeness (QED) is 0.486. The molecule has 0 spiro atoms. The topological polar surface area (TPSA) is 140 Å². The van der Waals surface area contributed by atoms with Crippen molar-refractivity contribution in [2.24, 2.45) is 0 Å². The Hall–Kier alpha value is -1.85. The number of fused-ring (bicyclic) bond motifs is 1. The number of imidazole rings is 1. The molecule has 1 saturated heterocycles. The van der Waals surface area contributed by atoms with E-state index >= 15 is 0 Å². The van der Waals surface area contributed by atoms with E-state index < -0.39 is 31.1 Å². The average Bonchev–Trinajstić information content (AvgIpc) is 3.00. The van der Waals surface area contributed by atoms with Crippen LogP contribution in [0.3, 0.4) is 0 Å². The molecule has 4 atom stereocenters. The van der Waals surface area contributed by atoms with Gasteiger partial charge in [0.05, 0.1) is 34.1 Å². The van der Waals surface area contributed by atoms with Crippen molar-refractivity contribution in [2.45, 2.75) is 24.5 Å². The number of aromatic nitrogens is 4. The van der Waals surface area contributed by atoms with Gasteiger partial charge in [-0.3, -0.25) is 9.05 Å². The molecule has 0 bridgehead atoms. The van der Waals surface area contributed by atoms with Crippen LogP contribution < -0.4 is 10.2 Å². The molecule has 1 fully saturated rings. The lowest BCUT2D eigenvalue weighted by atomic mass is 10.1. The van der Waals surface area contributed by atoms with Crippen LogP contribution in [0.1, 0.15) is 6.23 Å². The fourth-order valence-corrected chi connectivity index (χ4v) is 2.68. The summed E-state index contributed by atoms with van der Waals surface area (Å²) < 4.78 is 7.40. The molecule has 0 amide bonds. The van der Waals surface area contributed by atoms with Crippen molar-refractivity contribution in [3.63, 3.8) is 0 Å². The van der Waals surface area contributed by atoms with E-state index in [2.05, 4.69) is 15.0 Å². The molecule has 3 heterocycles. The first-order valence-corrected chi connectivity index (χ1v) is 7.18. The lowest BCUT2D eigenvalue weighted by molar-refractivity contribution is -0.0511. The fourth-order valence-electron chi connectivity index (χ4n) is 2.68. The monoisotopic (exact) mass is 325 g/mol. The van der Waals surface area contributed by atoms with Gasteiger partial charge in [0.15, 0.2) is 17.4 Å². The van der Waals surface area contributed by atoms with E-state index in [9.17, 15) is 15.3 Å². The Morgan fingerprint density at radius 2 is 1.96 bits per heavy atom. The predicted molar refractivity (Wildman–Crippen MR) is 82.3 cm³/mol. The number of nitrogen functional groups attached to an aromatic ring is 1. The van der Waals surface area contributed by atoms with Crippen molar-refractivity contribution in [3.05, 3.63) is 6.33 Å². The average molecular weight is 325 g/mol. The van der Waals surface area contributed by atoms with Crippen molar-refractivity contribution in [2.75, 3.05) is 33.5 Å². The number of hydrogen-bond donors (Lipinski definition) is 4. The third-order valence-corrected chi connectivity index (χ3v) is 3.85. The standard InChI is InChI=1S/C13H21N6O4/c1-19(2,3)11-7-10(16-13(14)17-11)18(5-15-7)12-9(22)8(21)6(4-20)23-12/h5-6,8-9,12,20-22H,4H2,1-3H3,(H2,14,16,17)/q+1/t6-,8-,9+,12-/m0/s1.